The first kappa shape index (κ1) is 13.6. The molecule has 0 unspecified atom stereocenters. The van der Waals surface area contributed by atoms with Crippen LogP contribution in [-0.2, 0) is 10.8 Å². The van der Waals surface area contributed by atoms with Crippen molar-refractivity contribution < 1.29 is 0 Å². The molecule has 0 aromatic carbocycles. The van der Waals surface area contributed by atoms with Crippen LogP contribution in [0.2, 0.25) is 0 Å². The number of hydrogen-bond acceptors (Lipinski definition) is 2. The van der Waals surface area contributed by atoms with Crippen LogP contribution < -0.4 is 10.4 Å². The molecule has 0 N–H and O–H groups in total. The molecule has 2 aromatic heterocycles. The van der Waals surface area contributed by atoms with Gasteiger partial charge in [-0.25, -0.2) is 0 Å². The van der Waals surface area contributed by atoms with E-state index in [1.54, 1.807) is 20.1 Å². The zero-order valence-electron chi connectivity index (χ0n) is 12.5. The fourth-order valence-corrected chi connectivity index (χ4v) is 6.79. The Labute approximate surface area is 126 Å². The number of hydrogen-bond donors (Lipinski definition) is 0. The fraction of sp³-hybridized carbons (Fsp3) is 0.500. The maximum absolute atomic E-state index is 2.45. The molecular weight excluding hydrogens is 284 g/mol. The Morgan fingerprint density at radius 1 is 0.737 bits per heavy atom. The van der Waals surface area contributed by atoms with Crippen LogP contribution in [0.5, 0.6) is 0 Å². The second-order valence-corrected chi connectivity index (χ2v) is 10.8. The average molecular weight is 305 g/mol. The summed E-state index contributed by atoms with van der Waals surface area (Å²) in [6.45, 7) is 13.9. The molecule has 3 heterocycles. The third kappa shape index (κ3) is 2.26. The van der Waals surface area contributed by atoms with Crippen LogP contribution in [0.3, 0.4) is 0 Å². The standard InChI is InChI=1S/C16H20S2Si/c1-15(2,3)11-7-9-13(17-11)14-10(19-9)8-12(18-14)16(4,5)6/h7-8H,1-6H3. The highest BCUT2D eigenvalue weighted by atomic mass is 32.1. The third-order valence-electron chi connectivity index (χ3n) is 3.42. The summed E-state index contributed by atoms with van der Waals surface area (Å²) in [5.41, 5.74) is 0.563. The monoisotopic (exact) mass is 304 g/mol. The molecule has 2 aromatic rings. The average Bonchev–Trinajstić information content (AvgIpc) is 2.81. The van der Waals surface area contributed by atoms with Crippen molar-refractivity contribution in [3.05, 3.63) is 21.9 Å². The van der Waals surface area contributed by atoms with Crippen molar-refractivity contribution in [3.63, 3.8) is 0 Å². The van der Waals surface area contributed by atoms with Crippen LogP contribution in [0.15, 0.2) is 12.1 Å². The summed E-state index contributed by atoms with van der Waals surface area (Å²) in [6, 6.07) is 4.89. The summed E-state index contributed by atoms with van der Waals surface area (Å²) < 4.78 is 0. The minimum absolute atomic E-state index is 0.282. The molecule has 0 atom stereocenters. The fourth-order valence-electron chi connectivity index (χ4n) is 2.19. The Morgan fingerprint density at radius 2 is 1.11 bits per heavy atom. The highest BCUT2D eigenvalue weighted by Gasteiger charge is 2.30. The molecule has 0 saturated heterocycles. The summed E-state index contributed by atoms with van der Waals surface area (Å²) in [4.78, 5) is 6.17. The number of thiophene rings is 2. The zero-order valence-corrected chi connectivity index (χ0v) is 15.1. The van der Waals surface area contributed by atoms with Crippen LogP contribution in [0.25, 0.3) is 9.75 Å². The predicted molar refractivity (Wildman–Crippen MR) is 90.1 cm³/mol. The highest BCUT2D eigenvalue weighted by molar-refractivity contribution is 7.26. The molecule has 100 valence electrons. The van der Waals surface area contributed by atoms with E-state index in [-0.39, 0.29) is 10.8 Å². The minimum Gasteiger partial charge on any atom is -0.139 e. The van der Waals surface area contributed by atoms with Crippen LogP contribution >= 0.6 is 22.7 Å². The smallest absolute Gasteiger partial charge is 0.125 e. The summed E-state index contributed by atoms with van der Waals surface area (Å²) in [6.07, 6.45) is 0. The largest absolute Gasteiger partial charge is 0.139 e. The normalized spacial score (nSPS) is 14.6. The van der Waals surface area contributed by atoms with E-state index in [2.05, 4.69) is 53.7 Å². The molecule has 0 aliphatic carbocycles. The molecule has 0 spiro atoms. The summed E-state index contributed by atoms with van der Waals surface area (Å²) in [5.74, 6) is 0. The molecule has 1 aliphatic heterocycles. The topological polar surface area (TPSA) is 0 Å². The van der Waals surface area contributed by atoms with Crippen molar-refractivity contribution in [2.75, 3.05) is 0 Å². The van der Waals surface area contributed by atoms with Crippen molar-refractivity contribution >= 4 is 42.6 Å². The van der Waals surface area contributed by atoms with E-state index in [1.807, 2.05) is 22.7 Å². The van der Waals surface area contributed by atoms with E-state index in [1.165, 1.54) is 9.75 Å². The maximum Gasteiger partial charge on any atom is 0.125 e. The minimum atomic E-state index is 0.282. The van der Waals surface area contributed by atoms with Crippen LogP contribution in [0.1, 0.15) is 51.3 Å². The molecule has 0 bridgehead atoms. The lowest BCUT2D eigenvalue weighted by Gasteiger charge is -2.15. The lowest BCUT2D eigenvalue weighted by atomic mass is 9.95. The molecule has 2 radical (unpaired) electrons. The van der Waals surface area contributed by atoms with Crippen molar-refractivity contribution in [2.24, 2.45) is 0 Å². The van der Waals surface area contributed by atoms with E-state index in [9.17, 15) is 0 Å². The SMILES string of the molecule is CC(C)(C)c1cc2c(s1)-c1sc(C(C)(C)C)cc1[Si]2. The first-order valence-corrected chi connectivity index (χ1v) is 9.35. The third-order valence-corrected chi connectivity index (χ3v) is 8.39. The molecule has 3 rings (SSSR count). The molecule has 19 heavy (non-hydrogen) atoms. The molecule has 3 heteroatoms. The second-order valence-electron chi connectivity index (χ2n) is 7.33. The molecule has 0 amide bonds. The van der Waals surface area contributed by atoms with Gasteiger partial charge < -0.3 is 0 Å². The summed E-state index contributed by atoms with van der Waals surface area (Å²) in [5, 5.41) is 3.16. The van der Waals surface area contributed by atoms with Crippen molar-refractivity contribution in [1.29, 1.82) is 0 Å². The second kappa shape index (κ2) is 4.06. The van der Waals surface area contributed by atoms with Gasteiger partial charge in [-0.05, 0) is 33.3 Å². The maximum atomic E-state index is 2.45. The van der Waals surface area contributed by atoms with Gasteiger partial charge in [0.1, 0.15) is 9.52 Å². The Morgan fingerprint density at radius 3 is 1.42 bits per heavy atom. The van der Waals surface area contributed by atoms with E-state index in [0.717, 1.165) is 9.52 Å². The van der Waals surface area contributed by atoms with Gasteiger partial charge in [0.15, 0.2) is 0 Å². The van der Waals surface area contributed by atoms with Crippen molar-refractivity contribution in [2.45, 2.75) is 52.4 Å². The summed E-state index contributed by atoms with van der Waals surface area (Å²) in [7, 11) is 0.871. The van der Waals surface area contributed by atoms with Gasteiger partial charge in [0.2, 0.25) is 0 Å². The molecule has 1 aliphatic rings. The zero-order chi connectivity index (χ0) is 14.0. The number of rotatable bonds is 0. The lowest BCUT2D eigenvalue weighted by Crippen LogP contribution is -2.21. The van der Waals surface area contributed by atoms with Gasteiger partial charge in [-0.15, -0.1) is 22.7 Å². The quantitative estimate of drug-likeness (QED) is 0.550. The first-order chi connectivity index (χ1) is 8.66. The Hall–Kier alpha value is -0.383. The van der Waals surface area contributed by atoms with E-state index < -0.39 is 0 Å². The van der Waals surface area contributed by atoms with Crippen molar-refractivity contribution in [3.8, 4) is 9.75 Å². The van der Waals surface area contributed by atoms with Gasteiger partial charge in [-0.2, -0.15) is 0 Å². The van der Waals surface area contributed by atoms with E-state index >= 15 is 0 Å². The Kier molecular flexibility index (Phi) is 2.90. The molecule has 0 saturated carbocycles. The van der Waals surface area contributed by atoms with E-state index in [0.29, 0.717) is 0 Å². The number of fused-ring (bicyclic) bond motifs is 3. The van der Waals surface area contributed by atoms with Gasteiger partial charge >= 0.3 is 0 Å². The van der Waals surface area contributed by atoms with Crippen LogP contribution in [-0.4, -0.2) is 9.52 Å². The first-order valence-electron chi connectivity index (χ1n) is 6.72. The Balaban J connectivity index is 2.07. The van der Waals surface area contributed by atoms with Crippen LogP contribution in [0.4, 0.5) is 0 Å². The van der Waals surface area contributed by atoms with Gasteiger partial charge in [0.25, 0.3) is 0 Å². The summed E-state index contributed by atoms with van der Waals surface area (Å²) >= 11 is 4.03. The molecule has 0 nitrogen and oxygen atoms in total. The highest BCUT2D eigenvalue weighted by Crippen LogP contribution is 2.40. The van der Waals surface area contributed by atoms with Gasteiger partial charge in [0.05, 0.1) is 0 Å². The molecular formula is C16H20S2Si. The van der Waals surface area contributed by atoms with Gasteiger partial charge in [-0.1, -0.05) is 41.5 Å². The lowest BCUT2D eigenvalue weighted by molar-refractivity contribution is 0.604. The van der Waals surface area contributed by atoms with Gasteiger partial charge in [0, 0.05) is 19.5 Å². The van der Waals surface area contributed by atoms with E-state index in [4.69, 9.17) is 0 Å². The van der Waals surface area contributed by atoms with Gasteiger partial charge in [-0.3, -0.25) is 0 Å². The molecule has 0 fully saturated rings. The Bertz CT molecular complexity index is 576. The van der Waals surface area contributed by atoms with Crippen LogP contribution in [0, 0.1) is 0 Å². The van der Waals surface area contributed by atoms with Crippen molar-refractivity contribution in [1.82, 2.24) is 0 Å². The predicted octanol–water partition coefficient (Wildman–Crippen LogP) is 4.04.